The predicted molar refractivity (Wildman–Crippen MR) is 91.5 cm³/mol. The topological polar surface area (TPSA) is 84.2 Å². The zero-order valence-corrected chi connectivity index (χ0v) is 14.6. The summed E-state index contributed by atoms with van der Waals surface area (Å²) in [6.07, 6.45) is -1.26. The van der Waals surface area contributed by atoms with E-state index in [2.05, 4.69) is 10.4 Å². The molecule has 26 heavy (non-hydrogen) atoms. The van der Waals surface area contributed by atoms with Crippen LogP contribution in [0.4, 0.5) is 8.78 Å². The normalized spacial score (nSPS) is 11.2. The predicted octanol–water partition coefficient (Wildman–Crippen LogP) is 3.15. The molecule has 0 atom stereocenters. The molecule has 0 spiro atoms. The molecule has 0 radical (unpaired) electrons. The fourth-order valence-corrected chi connectivity index (χ4v) is 2.57. The smallest absolute Gasteiger partial charge is 0.335 e. The lowest BCUT2D eigenvalue weighted by Crippen LogP contribution is -2.27. The van der Waals surface area contributed by atoms with E-state index in [0.29, 0.717) is 13.0 Å². The second-order valence-corrected chi connectivity index (χ2v) is 6.33. The molecule has 140 valence electrons. The number of alkyl halides is 2. The molecule has 8 heteroatoms. The van der Waals surface area contributed by atoms with Crippen molar-refractivity contribution in [3.8, 4) is 0 Å². The molecule has 2 rings (SSSR count). The van der Waals surface area contributed by atoms with Gasteiger partial charge in [0.2, 0.25) is 0 Å². The number of amides is 1. The molecule has 1 aromatic heterocycles. The minimum Gasteiger partial charge on any atom is -0.478 e. The van der Waals surface area contributed by atoms with Crippen molar-refractivity contribution in [2.24, 2.45) is 5.92 Å². The Bertz CT molecular complexity index is 788. The molecule has 1 amide bonds. The SMILES string of the molecule is CC(C)Cn1ncc(C(=O)NCCc2cccc(C(=O)O)c2)c1C(F)F. The van der Waals surface area contributed by atoms with Gasteiger partial charge in [0.25, 0.3) is 12.3 Å². The van der Waals surface area contributed by atoms with Gasteiger partial charge in [-0.25, -0.2) is 13.6 Å². The number of carboxylic acids is 1. The number of hydrogen-bond donors (Lipinski definition) is 2. The highest BCUT2D eigenvalue weighted by Gasteiger charge is 2.24. The van der Waals surface area contributed by atoms with Gasteiger partial charge in [-0.1, -0.05) is 26.0 Å². The molecule has 0 bridgehead atoms. The summed E-state index contributed by atoms with van der Waals surface area (Å²) < 4.78 is 27.9. The number of hydrogen-bond acceptors (Lipinski definition) is 3. The van der Waals surface area contributed by atoms with Crippen LogP contribution in [0.5, 0.6) is 0 Å². The first-order chi connectivity index (χ1) is 12.3. The van der Waals surface area contributed by atoms with Crippen molar-refractivity contribution in [2.75, 3.05) is 6.54 Å². The van der Waals surface area contributed by atoms with Crippen molar-refractivity contribution in [3.05, 3.63) is 52.8 Å². The maximum absolute atomic E-state index is 13.3. The fraction of sp³-hybridized carbons (Fsp3) is 0.389. The summed E-state index contributed by atoms with van der Waals surface area (Å²) in [6, 6.07) is 6.34. The van der Waals surface area contributed by atoms with Crippen molar-refractivity contribution < 1.29 is 23.5 Å². The Morgan fingerprint density at radius 2 is 2.04 bits per heavy atom. The van der Waals surface area contributed by atoms with E-state index in [9.17, 15) is 18.4 Å². The Kier molecular flexibility index (Phi) is 6.43. The first-order valence-electron chi connectivity index (χ1n) is 8.24. The standard InChI is InChI=1S/C18H21F2N3O3/c1-11(2)10-23-15(16(19)20)14(9-22-23)17(24)21-7-6-12-4-3-5-13(8-12)18(25)26/h3-5,8-9,11,16H,6-7,10H2,1-2H3,(H,21,24)(H,25,26). The van der Waals surface area contributed by atoms with Crippen molar-refractivity contribution in [1.82, 2.24) is 15.1 Å². The van der Waals surface area contributed by atoms with Crippen molar-refractivity contribution in [2.45, 2.75) is 33.2 Å². The van der Waals surface area contributed by atoms with Crippen LogP contribution in [0.2, 0.25) is 0 Å². The number of aromatic carboxylic acids is 1. The van der Waals surface area contributed by atoms with Crippen LogP contribution in [-0.4, -0.2) is 33.3 Å². The van der Waals surface area contributed by atoms with Gasteiger partial charge >= 0.3 is 5.97 Å². The highest BCUT2D eigenvalue weighted by atomic mass is 19.3. The van der Waals surface area contributed by atoms with Crippen LogP contribution < -0.4 is 5.32 Å². The van der Waals surface area contributed by atoms with Crippen LogP contribution in [-0.2, 0) is 13.0 Å². The minimum absolute atomic E-state index is 0.116. The number of carbonyl (C=O) groups is 2. The fourth-order valence-electron chi connectivity index (χ4n) is 2.57. The van der Waals surface area contributed by atoms with Crippen molar-refractivity contribution in [1.29, 1.82) is 0 Å². The molecule has 0 fully saturated rings. The highest BCUT2D eigenvalue weighted by molar-refractivity contribution is 5.95. The van der Waals surface area contributed by atoms with Crippen LogP contribution >= 0.6 is 0 Å². The number of aromatic nitrogens is 2. The van der Waals surface area contributed by atoms with Crippen LogP contribution in [0.3, 0.4) is 0 Å². The number of nitrogens with zero attached hydrogens (tertiary/aromatic N) is 2. The average molecular weight is 365 g/mol. The number of benzene rings is 1. The van der Waals surface area contributed by atoms with Crippen molar-refractivity contribution >= 4 is 11.9 Å². The molecular weight excluding hydrogens is 344 g/mol. The van der Waals surface area contributed by atoms with Crippen LogP contribution in [0.25, 0.3) is 0 Å². The second kappa shape index (κ2) is 8.55. The van der Waals surface area contributed by atoms with E-state index in [1.54, 1.807) is 12.1 Å². The van der Waals surface area contributed by atoms with E-state index < -0.39 is 18.3 Å². The summed E-state index contributed by atoms with van der Waals surface area (Å²) >= 11 is 0. The molecular formula is C18H21F2N3O3. The molecule has 1 heterocycles. The maximum Gasteiger partial charge on any atom is 0.335 e. The number of halogens is 2. The Labute approximate surface area is 149 Å². The van der Waals surface area contributed by atoms with Gasteiger partial charge in [0.1, 0.15) is 5.69 Å². The second-order valence-electron chi connectivity index (χ2n) is 6.33. The van der Waals surface area contributed by atoms with E-state index in [1.807, 2.05) is 13.8 Å². The quantitative estimate of drug-likeness (QED) is 0.753. The summed E-state index contributed by atoms with van der Waals surface area (Å²) in [4.78, 5) is 23.2. The number of nitrogens with one attached hydrogen (secondary N) is 1. The van der Waals surface area contributed by atoms with Gasteiger partial charge in [0.15, 0.2) is 0 Å². The monoisotopic (exact) mass is 365 g/mol. The molecule has 6 nitrogen and oxygen atoms in total. The third-order valence-electron chi connectivity index (χ3n) is 3.74. The lowest BCUT2D eigenvalue weighted by Gasteiger charge is -2.11. The first kappa shape index (κ1) is 19.6. The Morgan fingerprint density at radius 1 is 1.31 bits per heavy atom. The average Bonchev–Trinajstić information content (AvgIpc) is 2.98. The van der Waals surface area contributed by atoms with E-state index in [-0.39, 0.29) is 29.3 Å². The largest absolute Gasteiger partial charge is 0.478 e. The lowest BCUT2D eigenvalue weighted by atomic mass is 10.1. The number of carboxylic acid groups (broad SMARTS) is 1. The van der Waals surface area contributed by atoms with Crippen LogP contribution in [0.1, 0.15) is 52.2 Å². The van der Waals surface area contributed by atoms with Gasteiger partial charge in [-0.05, 0) is 30.0 Å². The summed E-state index contributed by atoms with van der Waals surface area (Å²) in [5, 5.41) is 15.5. The summed E-state index contributed by atoms with van der Waals surface area (Å²) in [6.45, 7) is 4.25. The molecule has 0 aliphatic rings. The first-order valence-corrected chi connectivity index (χ1v) is 8.24. The zero-order valence-electron chi connectivity index (χ0n) is 14.6. The van der Waals surface area contributed by atoms with Crippen LogP contribution in [0.15, 0.2) is 30.5 Å². The van der Waals surface area contributed by atoms with Crippen LogP contribution in [0, 0.1) is 5.92 Å². The lowest BCUT2D eigenvalue weighted by molar-refractivity contribution is 0.0696. The van der Waals surface area contributed by atoms with Gasteiger partial charge in [-0.2, -0.15) is 5.10 Å². The van der Waals surface area contributed by atoms with Gasteiger partial charge in [-0.15, -0.1) is 0 Å². The summed E-state index contributed by atoms with van der Waals surface area (Å²) in [5.41, 5.74) is 0.363. The number of rotatable bonds is 8. The van der Waals surface area contributed by atoms with E-state index in [4.69, 9.17) is 5.11 Å². The third kappa shape index (κ3) is 4.87. The Balaban J connectivity index is 2.03. The van der Waals surface area contributed by atoms with E-state index in [1.165, 1.54) is 16.8 Å². The minimum atomic E-state index is -2.80. The summed E-state index contributed by atoms with van der Waals surface area (Å²) in [7, 11) is 0. The summed E-state index contributed by atoms with van der Waals surface area (Å²) in [5.74, 6) is -1.54. The Hall–Kier alpha value is -2.77. The van der Waals surface area contributed by atoms with E-state index in [0.717, 1.165) is 11.8 Å². The van der Waals surface area contributed by atoms with Gasteiger partial charge in [0, 0.05) is 13.1 Å². The molecule has 2 aromatic rings. The molecule has 0 saturated carbocycles. The third-order valence-corrected chi connectivity index (χ3v) is 3.74. The number of carbonyl (C=O) groups excluding carboxylic acids is 1. The van der Waals surface area contributed by atoms with Crippen molar-refractivity contribution in [3.63, 3.8) is 0 Å². The van der Waals surface area contributed by atoms with Gasteiger partial charge < -0.3 is 10.4 Å². The molecule has 0 aliphatic heterocycles. The van der Waals surface area contributed by atoms with Gasteiger partial charge in [-0.3, -0.25) is 9.48 Å². The van der Waals surface area contributed by atoms with E-state index >= 15 is 0 Å². The molecule has 2 N–H and O–H groups in total. The van der Waals surface area contributed by atoms with Gasteiger partial charge in [0.05, 0.1) is 17.3 Å². The molecule has 0 aliphatic carbocycles. The Morgan fingerprint density at radius 3 is 2.65 bits per heavy atom. The molecule has 0 saturated heterocycles. The molecule has 0 unspecified atom stereocenters. The molecule has 1 aromatic carbocycles. The highest BCUT2D eigenvalue weighted by Crippen LogP contribution is 2.23. The maximum atomic E-state index is 13.3. The zero-order chi connectivity index (χ0) is 19.3.